The summed E-state index contributed by atoms with van der Waals surface area (Å²) in [5.41, 5.74) is 2.11. The van der Waals surface area contributed by atoms with E-state index in [1.54, 1.807) is 36.6 Å². The van der Waals surface area contributed by atoms with E-state index >= 15 is 0 Å². The highest BCUT2D eigenvalue weighted by Gasteiger charge is 2.27. The Morgan fingerprint density at radius 3 is 2.47 bits per heavy atom. The molecule has 192 valence electrons. The molecule has 0 amide bonds. The predicted molar refractivity (Wildman–Crippen MR) is 137 cm³/mol. The topological polar surface area (TPSA) is 103 Å². The lowest BCUT2D eigenvalue weighted by atomic mass is 9.97. The number of ketones is 1. The van der Waals surface area contributed by atoms with Crippen molar-refractivity contribution in [1.82, 2.24) is 3.97 Å². The van der Waals surface area contributed by atoms with Gasteiger partial charge in [0.1, 0.15) is 22.2 Å². The van der Waals surface area contributed by atoms with Gasteiger partial charge in [0.05, 0.1) is 12.7 Å². The van der Waals surface area contributed by atoms with E-state index < -0.39 is 40.1 Å². The molecule has 1 N–H and O–H groups in total. The summed E-state index contributed by atoms with van der Waals surface area (Å²) in [7, 11) is -3.91. The summed E-state index contributed by atoms with van der Waals surface area (Å²) in [6.45, 7) is 5.49. The van der Waals surface area contributed by atoms with E-state index in [9.17, 15) is 27.5 Å². The second-order valence-corrected chi connectivity index (χ2v) is 11.4. The van der Waals surface area contributed by atoms with Crippen LogP contribution in [0.1, 0.15) is 50.8 Å². The highest BCUT2D eigenvalue weighted by atomic mass is 32.2. The zero-order valence-electron chi connectivity index (χ0n) is 20.2. The van der Waals surface area contributed by atoms with Gasteiger partial charge in [-0.15, -0.1) is 11.3 Å². The van der Waals surface area contributed by atoms with Crippen LogP contribution < -0.4 is 0 Å². The number of aromatic nitrogens is 1. The van der Waals surface area contributed by atoms with E-state index in [0.717, 1.165) is 11.3 Å². The van der Waals surface area contributed by atoms with E-state index in [1.807, 2.05) is 13.8 Å². The first kappa shape index (κ1) is 27.5. The summed E-state index contributed by atoms with van der Waals surface area (Å²) in [6.07, 6.45) is 2.51. The van der Waals surface area contributed by atoms with Gasteiger partial charge in [0, 0.05) is 29.4 Å². The lowest BCUT2D eigenvalue weighted by Crippen LogP contribution is -2.16. The van der Waals surface area contributed by atoms with Gasteiger partial charge in [0.2, 0.25) is 0 Å². The SMILES string of the molecule is CCOC(=O)CC(=O)CC(O)C=Cc1c(-c2ccc(F)cc2)cn(S(=O)(=O)c2cccs2)c1C(C)C. The van der Waals surface area contributed by atoms with Gasteiger partial charge < -0.3 is 9.84 Å². The smallest absolute Gasteiger partial charge is 0.313 e. The van der Waals surface area contributed by atoms with Crippen LogP contribution in [0.25, 0.3) is 17.2 Å². The quantitative estimate of drug-likeness (QED) is 0.275. The molecule has 0 radical (unpaired) electrons. The largest absolute Gasteiger partial charge is 0.466 e. The average Bonchev–Trinajstić information content (AvgIpc) is 3.47. The fraction of sp³-hybridized carbons (Fsp3) is 0.308. The third kappa shape index (κ3) is 6.37. The Bertz CT molecular complexity index is 1340. The highest BCUT2D eigenvalue weighted by Crippen LogP contribution is 2.36. The summed E-state index contributed by atoms with van der Waals surface area (Å²) in [5.74, 6) is -1.81. The van der Waals surface area contributed by atoms with Crippen molar-refractivity contribution in [3.05, 3.63) is 71.1 Å². The second-order valence-electron chi connectivity index (χ2n) is 8.39. The van der Waals surface area contributed by atoms with E-state index in [-0.39, 0.29) is 23.2 Å². The third-order valence-electron chi connectivity index (χ3n) is 5.33. The lowest BCUT2D eigenvalue weighted by Gasteiger charge is -2.13. The van der Waals surface area contributed by atoms with Crippen LogP contribution in [-0.2, 0) is 24.3 Å². The summed E-state index contributed by atoms with van der Waals surface area (Å²) in [5, 5.41) is 12.1. The molecule has 0 saturated heterocycles. The van der Waals surface area contributed by atoms with Crippen molar-refractivity contribution in [3.8, 4) is 11.1 Å². The minimum absolute atomic E-state index is 0.157. The molecule has 1 aromatic carbocycles. The number of rotatable bonds is 11. The van der Waals surface area contributed by atoms with Crippen molar-refractivity contribution in [2.75, 3.05) is 6.61 Å². The molecule has 36 heavy (non-hydrogen) atoms. The Balaban J connectivity index is 2.05. The van der Waals surface area contributed by atoms with E-state index in [0.29, 0.717) is 22.4 Å². The first-order valence-corrected chi connectivity index (χ1v) is 13.7. The average molecular weight is 534 g/mol. The normalized spacial score (nSPS) is 12.8. The van der Waals surface area contributed by atoms with Crippen molar-refractivity contribution < 1.29 is 32.2 Å². The first-order valence-electron chi connectivity index (χ1n) is 11.4. The minimum atomic E-state index is -3.91. The van der Waals surface area contributed by atoms with E-state index in [4.69, 9.17) is 4.74 Å². The van der Waals surface area contributed by atoms with Gasteiger partial charge >= 0.3 is 5.97 Å². The molecular formula is C26H28FNO6S2. The van der Waals surface area contributed by atoms with E-state index in [2.05, 4.69) is 0 Å². The third-order valence-corrected chi connectivity index (χ3v) is 8.38. The van der Waals surface area contributed by atoms with Crippen LogP contribution in [-0.4, -0.2) is 42.0 Å². The zero-order chi connectivity index (χ0) is 26.5. The van der Waals surface area contributed by atoms with Gasteiger partial charge in [-0.3, -0.25) is 9.59 Å². The molecule has 1 atom stereocenters. The number of aliphatic hydroxyl groups is 1. The van der Waals surface area contributed by atoms with Crippen LogP contribution in [0.5, 0.6) is 0 Å². The molecule has 3 aromatic rings. The van der Waals surface area contributed by atoms with Crippen LogP contribution >= 0.6 is 11.3 Å². The number of halogens is 1. The number of hydrogen-bond donors (Lipinski definition) is 1. The molecule has 1 unspecified atom stereocenters. The van der Waals surface area contributed by atoms with Crippen LogP contribution in [0.4, 0.5) is 4.39 Å². The van der Waals surface area contributed by atoms with Crippen molar-refractivity contribution in [3.63, 3.8) is 0 Å². The van der Waals surface area contributed by atoms with Gasteiger partial charge in [-0.2, -0.15) is 8.42 Å². The molecule has 0 saturated carbocycles. The van der Waals surface area contributed by atoms with Crippen molar-refractivity contribution in [1.29, 1.82) is 0 Å². The Hall–Kier alpha value is -3.08. The van der Waals surface area contributed by atoms with Crippen molar-refractivity contribution in [2.45, 2.75) is 49.8 Å². The van der Waals surface area contributed by atoms with Gasteiger partial charge in [-0.25, -0.2) is 8.36 Å². The number of aliphatic hydroxyl groups excluding tert-OH is 1. The molecule has 0 spiro atoms. The first-order chi connectivity index (χ1) is 17.0. The second kappa shape index (κ2) is 11.8. The number of esters is 1. The Morgan fingerprint density at radius 1 is 1.19 bits per heavy atom. The fourth-order valence-electron chi connectivity index (χ4n) is 3.77. The maximum absolute atomic E-state index is 13.6. The van der Waals surface area contributed by atoms with Crippen LogP contribution in [0, 0.1) is 5.82 Å². The van der Waals surface area contributed by atoms with Crippen molar-refractivity contribution in [2.24, 2.45) is 0 Å². The highest BCUT2D eigenvalue weighted by molar-refractivity contribution is 7.92. The standard InChI is InChI=1S/C26H28FNO6S2/c1-4-34-24(31)15-21(30)14-20(29)11-12-22-23(18-7-9-19(27)10-8-18)16-28(26(22)17(2)3)36(32,33)25-6-5-13-35-25/h5-13,16-17,20,29H,4,14-15H2,1-3H3. The Morgan fingerprint density at radius 2 is 1.89 bits per heavy atom. The molecule has 0 aliphatic carbocycles. The van der Waals surface area contributed by atoms with Crippen LogP contribution in [0.15, 0.2) is 58.3 Å². The van der Waals surface area contributed by atoms with Gasteiger partial charge in [-0.05, 0) is 42.0 Å². The molecule has 3 rings (SSSR count). The maximum Gasteiger partial charge on any atom is 0.313 e. The number of nitrogens with zero attached hydrogens (tertiary/aromatic N) is 1. The lowest BCUT2D eigenvalue weighted by molar-refractivity contribution is -0.145. The van der Waals surface area contributed by atoms with Gasteiger partial charge in [-0.1, -0.05) is 44.2 Å². The van der Waals surface area contributed by atoms with E-state index in [1.165, 1.54) is 34.4 Å². The minimum Gasteiger partial charge on any atom is -0.466 e. The molecule has 10 heteroatoms. The van der Waals surface area contributed by atoms with Crippen molar-refractivity contribution >= 4 is 39.2 Å². The Labute approximate surface area is 213 Å². The van der Waals surface area contributed by atoms with Crippen LogP contribution in [0.2, 0.25) is 0 Å². The molecule has 2 heterocycles. The molecule has 2 aromatic heterocycles. The van der Waals surface area contributed by atoms with Gasteiger partial charge in [0.15, 0.2) is 0 Å². The number of ether oxygens (including phenoxy) is 1. The molecule has 0 fully saturated rings. The monoisotopic (exact) mass is 533 g/mol. The molecule has 0 aliphatic rings. The number of thiophene rings is 1. The zero-order valence-corrected chi connectivity index (χ0v) is 21.8. The number of benzene rings is 1. The summed E-state index contributed by atoms with van der Waals surface area (Å²) in [4.78, 5) is 23.6. The number of hydrogen-bond acceptors (Lipinski definition) is 7. The Kier molecular flexibility index (Phi) is 8.99. The summed E-state index contributed by atoms with van der Waals surface area (Å²) in [6, 6.07) is 8.84. The molecule has 7 nitrogen and oxygen atoms in total. The maximum atomic E-state index is 13.6. The molecule has 0 bridgehead atoms. The van der Waals surface area contributed by atoms with Gasteiger partial charge in [0.25, 0.3) is 10.0 Å². The number of carbonyl (C=O) groups is 2. The summed E-state index contributed by atoms with van der Waals surface area (Å²) < 4.78 is 46.7. The summed E-state index contributed by atoms with van der Waals surface area (Å²) >= 11 is 1.10. The fourth-order valence-corrected chi connectivity index (χ4v) is 6.37. The molecule has 0 aliphatic heterocycles. The number of carbonyl (C=O) groups excluding carboxylic acids is 2. The number of Topliss-reactive ketones (excluding diaryl/α,β-unsaturated/α-hetero) is 1. The predicted octanol–water partition coefficient (Wildman–Crippen LogP) is 5.00. The van der Waals surface area contributed by atoms with Crippen LogP contribution in [0.3, 0.4) is 0 Å². The molecular weight excluding hydrogens is 505 g/mol.